The zero-order valence-corrected chi connectivity index (χ0v) is 16.8. The van der Waals surface area contributed by atoms with Crippen LogP contribution in [0.5, 0.6) is 0 Å². The lowest BCUT2D eigenvalue weighted by Crippen LogP contribution is -2.14. The van der Waals surface area contributed by atoms with E-state index in [1.54, 1.807) is 28.9 Å². The summed E-state index contributed by atoms with van der Waals surface area (Å²) in [5.41, 5.74) is 4.59. The number of aromatic nitrogens is 3. The predicted octanol–water partition coefficient (Wildman–Crippen LogP) is 5.46. The van der Waals surface area contributed by atoms with Gasteiger partial charge in [-0.05, 0) is 44.2 Å². The van der Waals surface area contributed by atoms with Gasteiger partial charge in [-0.3, -0.25) is 4.79 Å². The first-order valence-corrected chi connectivity index (χ1v) is 9.55. The van der Waals surface area contributed by atoms with E-state index < -0.39 is 5.91 Å². The molecule has 0 fully saturated rings. The van der Waals surface area contributed by atoms with Crippen LogP contribution in [-0.2, 0) is 0 Å². The van der Waals surface area contributed by atoms with Crippen molar-refractivity contribution < 1.29 is 4.79 Å². The van der Waals surface area contributed by atoms with Crippen LogP contribution in [0.2, 0.25) is 5.02 Å². The molecule has 3 aromatic carbocycles. The first-order chi connectivity index (χ1) is 14.0. The van der Waals surface area contributed by atoms with E-state index in [1.165, 1.54) is 0 Å². The number of carbonyl (C=O) groups is 1. The Kier molecular flexibility index (Phi) is 5.14. The molecule has 0 saturated heterocycles. The molecule has 0 aliphatic heterocycles. The fraction of sp³-hybridized carbons (Fsp3) is 0.0870. The highest BCUT2D eigenvalue weighted by Crippen LogP contribution is 2.23. The van der Waals surface area contributed by atoms with Gasteiger partial charge in [0.2, 0.25) is 5.82 Å². The van der Waals surface area contributed by atoms with Crippen LogP contribution in [0.3, 0.4) is 0 Å². The number of halogens is 1. The van der Waals surface area contributed by atoms with Gasteiger partial charge in [-0.2, -0.15) is 0 Å². The maximum atomic E-state index is 12.8. The van der Waals surface area contributed by atoms with Crippen LogP contribution in [0.15, 0.2) is 72.8 Å². The van der Waals surface area contributed by atoms with E-state index in [9.17, 15) is 4.79 Å². The summed E-state index contributed by atoms with van der Waals surface area (Å²) >= 11 is 6.00. The molecule has 4 rings (SSSR count). The molecule has 4 aromatic rings. The third-order valence-corrected chi connectivity index (χ3v) is 4.72. The SMILES string of the molecule is Cc1ccc(-c2nc(C(=O)Nc3cccc(Cl)c3)nn2-c2ccc(C)cc2)cc1. The number of aryl methyl sites for hydroxylation is 2. The molecule has 0 spiro atoms. The molecular formula is C23H19ClN4O. The number of rotatable bonds is 4. The van der Waals surface area contributed by atoms with E-state index in [2.05, 4.69) is 15.4 Å². The van der Waals surface area contributed by atoms with Crippen LogP contribution in [0, 0.1) is 13.8 Å². The number of amides is 1. The molecule has 6 heteroatoms. The van der Waals surface area contributed by atoms with Crippen molar-refractivity contribution in [2.75, 3.05) is 5.32 Å². The van der Waals surface area contributed by atoms with Crippen molar-refractivity contribution in [3.8, 4) is 17.1 Å². The molecule has 0 saturated carbocycles. The molecule has 0 bridgehead atoms. The van der Waals surface area contributed by atoms with Crippen LogP contribution in [0.25, 0.3) is 17.1 Å². The van der Waals surface area contributed by atoms with E-state index in [-0.39, 0.29) is 5.82 Å². The van der Waals surface area contributed by atoms with Gasteiger partial charge in [0.25, 0.3) is 5.91 Å². The smallest absolute Gasteiger partial charge is 0.295 e. The normalized spacial score (nSPS) is 10.7. The first-order valence-electron chi connectivity index (χ1n) is 9.18. The summed E-state index contributed by atoms with van der Waals surface area (Å²) < 4.78 is 1.69. The molecular weight excluding hydrogens is 384 g/mol. The molecule has 29 heavy (non-hydrogen) atoms. The second kappa shape index (κ2) is 7.89. The summed E-state index contributed by atoms with van der Waals surface area (Å²) in [4.78, 5) is 17.3. The van der Waals surface area contributed by atoms with Gasteiger partial charge in [-0.15, -0.1) is 5.10 Å². The number of benzene rings is 3. The number of hydrogen-bond acceptors (Lipinski definition) is 3. The average Bonchev–Trinajstić information content (AvgIpc) is 3.15. The van der Waals surface area contributed by atoms with Crippen LogP contribution in [-0.4, -0.2) is 20.7 Å². The number of nitrogens with one attached hydrogen (secondary N) is 1. The fourth-order valence-electron chi connectivity index (χ4n) is 2.92. The van der Waals surface area contributed by atoms with Crippen LogP contribution >= 0.6 is 11.6 Å². The Labute approximate surface area is 174 Å². The maximum absolute atomic E-state index is 12.8. The van der Waals surface area contributed by atoms with Gasteiger partial charge in [0.05, 0.1) is 5.69 Å². The summed E-state index contributed by atoms with van der Waals surface area (Å²) in [6.45, 7) is 4.05. The number of anilines is 1. The molecule has 0 radical (unpaired) electrons. The minimum absolute atomic E-state index is 0.0844. The standard InChI is InChI=1S/C23H19ClN4O/c1-15-6-10-17(11-7-15)22-26-21(23(29)25-19-5-3-4-18(24)14-19)27-28(22)20-12-8-16(2)9-13-20/h3-14H,1-2H3,(H,25,29). The summed E-state index contributed by atoms with van der Waals surface area (Å²) in [5.74, 6) is 0.290. The fourth-order valence-corrected chi connectivity index (χ4v) is 3.11. The molecule has 0 aliphatic rings. The maximum Gasteiger partial charge on any atom is 0.295 e. The van der Waals surface area contributed by atoms with E-state index in [1.807, 2.05) is 62.4 Å². The molecule has 1 aromatic heterocycles. The van der Waals surface area contributed by atoms with Crippen molar-refractivity contribution in [1.29, 1.82) is 0 Å². The summed E-state index contributed by atoms with van der Waals surface area (Å²) in [6.07, 6.45) is 0. The van der Waals surface area contributed by atoms with Crippen LogP contribution < -0.4 is 5.32 Å². The van der Waals surface area contributed by atoms with Crippen molar-refractivity contribution in [1.82, 2.24) is 14.8 Å². The van der Waals surface area contributed by atoms with Gasteiger partial charge in [0.15, 0.2) is 5.82 Å². The molecule has 5 nitrogen and oxygen atoms in total. The number of hydrogen-bond donors (Lipinski definition) is 1. The molecule has 1 amide bonds. The second-order valence-electron chi connectivity index (χ2n) is 6.84. The minimum atomic E-state index is -0.397. The zero-order chi connectivity index (χ0) is 20.4. The third-order valence-electron chi connectivity index (χ3n) is 4.48. The number of carbonyl (C=O) groups excluding carboxylic acids is 1. The lowest BCUT2D eigenvalue weighted by atomic mass is 10.1. The van der Waals surface area contributed by atoms with Crippen LogP contribution in [0.4, 0.5) is 5.69 Å². The summed E-state index contributed by atoms with van der Waals surface area (Å²) in [7, 11) is 0. The molecule has 1 N–H and O–H groups in total. The highest BCUT2D eigenvalue weighted by Gasteiger charge is 2.19. The van der Waals surface area contributed by atoms with Gasteiger partial charge in [-0.25, -0.2) is 9.67 Å². The lowest BCUT2D eigenvalue weighted by molar-refractivity contribution is 0.101. The van der Waals surface area contributed by atoms with Crippen molar-refractivity contribution in [2.45, 2.75) is 13.8 Å². The van der Waals surface area contributed by atoms with Crippen LogP contribution in [0.1, 0.15) is 21.7 Å². The van der Waals surface area contributed by atoms with E-state index in [4.69, 9.17) is 11.6 Å². The monoisotopic (exact) mass is 402 g/mol. The molecule has 144 valence electrons. The zero-order valence-electron chi connectivity index (χ0n) is 16.1. The Balaban J connectivity index is 1.75. The Morgan fingerprint density at radius 1 is 0.931 bits per heavy atom. The highest BCUT2D eigenvalue weighted by atomic mass is 35.5. The van der Waals surface area contributed by atoms with Gasteiger partial charge < -0.3 is 5.32 Å². The van der Waals surface area contributed by atoms with Crippen molar-refractivity contribution in [3.05, 3.63) is 94.8 Å². The summed E-state index contributed by atoms with van der Waals surface area (Å²) in [5, 5.41) is 7.83. The van der Waals surface area contributed by atoms with E-state index >= 15 is 0 Å². The summed E-state index contributed by atoms with van der Waals surface area (Å²) in [6, 6.07) is 22.9. The molecule has 0 atom stereocenters. The lowest BCUT2D eigenvalue weighted by Gasteiger charge is -2.06. The molecule has 0 aliphatic carbocycles. The Hall–Kier alpha value is -3.44. The Bertz CT molecular complexity index is 1100. The van der Waals surface area contributed by atoms with Gasteiger partial charge >= 0.3 is 0 Å². The van der Waals surface area contributed by atoms with Crippen molar-refractivity contribution >= 4 is 23.2 Å². The van der Waals surface area contributed by atoms with E-state index in [0.29, 0.717) is 16.5 Å². The Morgan fingerprint density at radius 3 is 2.24 bits per heavy atom. The number of nitrogens with zero attached hydrogens (tertiary/aromatic N) is 3. The molecule has 0 unspecified atom stereocenters. The van der Waals surface area contributed by atoms with E-state index in [0.717, 1.165) is 22.4 Å². The highest BCUT2D eigenvalue weighted by molar-refractivity contribution is 6.30. The van der Waals surface area contributed by atoms with Gasteiger partial charge in [0, 0.05) is 16.3 Å². The van der Waals surface area contributed by atoms with Gasteiger partial charge in [0.1, 0.15) is 0 Å². The average molecular weight is 403 g/mol. The first kappa shape index (κ1) is 18.9. The minimum Gasteiger partial charge on any atom is -0.319 e. The van der Waals surface area contributed by atoms with Gasteiger partial charge in [-0.1, -0.05) is 65.2 Å². The van der Waals surface area contributed by atoms with Crippen molar-refractivity contribution in [2.24, 2.45) is 0 Å². The second-order valence-corrected chi connectivity index (χ2v) is 7.27. The third kappa shape index (κ3) is 4.20. The largest absolute Gasteiger partial charge is 0.319 e. The van der Waals surface area contributed by atoms with Crippen molar-refractivity contribution in [3.63, 3.8) is 0 Å². The topological polar surface area (TPSA) is 59.8 Å². The Morgan fingerprint density at radius 2 is 1.59 bits per heavy atom. The predicted molar refractivity (Wildman–Crippen MR) is 116 cm³/mol. The quantitative estimate of drug-likeness (QED) is 0.493. The molecule has 1 heterocycles.